The van der Waals surface area contributed by atoms with Gasteiger partial charge in [-0.3, -0.25) is 0 Å². The molecule has 0 atom stereocenters. The molecule has 0 aromatic heterocycles. The van der Waals surface area contributed by atoms with Gasteiger partial charge in [0.15, 0.2) is 0 Å². The van der Waals surface area contributed by atoms with Crippen molar-refractivity contribution in [2.24, 2.45) is 0 Å². The number of rotatable bonds is 0. The van der Waals surface area contributed by atoms with Crippen LogP contribution in [0.5, 0.6) is 0 Å². The van der Waals surface area contributed by atoms with Crippen molar-refractivity contribution in [3.05, 3.63) is 0 Å². The standard InChI is InChI=1S/Al.Fe.Mg.H3O4P.H2O/c;;;1-5(2,3)4;/h;;;(H3,1,2,3,4);1H2/q+3;2*+2;;/p-4. The molecule has 0 aliphatic rings. The van der Waals surface area contributed by atoms with Gasteiger partial charge in [-0.25, -0.2) is 0 Å². The van der Waals surface area contributed by atoms with Crippen LogP contribution < -0.4 is 14.7 Å². The van der Waals surface area contributed by atoms with Crippen molar-refractivity contribution in [2.45, 2.75) is 0 Å². The topological polar surface area (TPSA) is 116 Å². The molecule has 0 rings (SSSR count). The molecule has 9 heavy (non-hydrogen) atoms. The molecule has 46 valence electrons. The molecule has 0 fully saturated rings. The maximum Gasteiger partial charge on any atom is 3.00 e. The summed E-state index contributed by atoms with van der Waals surface area (Å²) in [5, 5.41) is 0. The zero-order chi connectivity index (χ0) is 4.50. The Balaban J connectivity index is -0.0000000133. The monoisotopic (exact) mass is 219 g/mol. The minimum absolute atomic E-state index is 0. The Morgan fingerprint density at radius 1 is 1.11 bits per heavy atom. The van der Waals surface area contributed by atoms with Crippen molar-refractivity contribution in [2.75, 3.05) is 0 Å². The van der Waals surface area contributed by atoms with Gasteiger partial charge in [0.1, 0.15) is 0 Å². The maximum atomic E-state index is 8.55. The fourth-order valence-electron chi connectivity index (χ4n) is 0. The Labute approximate surface area is 89.5 Å². The van der Waals surface area contributed by atoms with Crippen molar-refractivity contribution in [3.8, 4) is 0 Å². The molecule has 0 unspecified atom stereocenters. The van der Waals surface area contributed by atoms with E-state index in [0.29, 0.717) is 0 Å². The maximum absolute atomic E-state index is 8.55. The van der Waals surface area contributed by atoms with Crippen LogP contribution in [0.1, 0.15) is 0 Å². The third-order valence-electron chi connectivity index (χ3n) is 0. The van der Waals surface area contributed by atoms with E-state index in [0.717, 1.165) is 0 Å². The Kier molecular flexibility index (Phi) is 42.8. The number of hydrogen-bond donors (Lipinski definition) is 0. The van der Waals surface area contributed by atoms with Crippen LogP contribution in [-0.2, 0) is 21.6 Å². The molecular formula is HAlFeMgO5P+3. The smallest absolute Gasteiger partial charge is 0.870 e. The normalized spacial score (nSPS) is 6.56. The van der Waals surface area contributed by atoms with E-state index in [1.165, 1.54) is 0 Å². The molecule has 0 saturated carbocycles. The van der Waals surface area contributed by atoms with Crippen molar-refractivity contribution in [3.63, 3.8) is 0 Å². The Hall–Kier alpha value is 1.89. The summed E-state index contributed by atoms with van der Waals surface area (Å²) in [7, 11) is -5.39. The minimum atomic E-state index is -5.39. The van der Waals surface area contributed by atoms with Gasteiger partial charge in [-0.1, -0.05) is 0 Å². The fourth-order valence-corrected chi connectivity index (χ4v) is 0. The molecule has 0 spiro atoms. The van der Waals surface area contributed by atoms with Crippen LogP contribution >= 0.6 is 7.82 Å². The van der Waals surface area contributed by atoms with E-state index in [1.54, 1.807) is 0 Å². The summed E-state index contributed by atoms with van der Waals surface area (Å²) in [4.78, 5) is 25.6. The molecule has 1 N–H and O–H groups in total. The quantitative estimate of drug-likeness (QED) is 0.306. The molecule has 0 bridgehead atoms. The molecule has 0 aliphatic carbocycles. The molecule has 0 aromatic carbocycles. The molecular weight excluding hydrogens is 218 g/mol. The van der Waals surface area contributed by atoms with E-state index in [1.807, 2.05) is 0 Å². The van der Waals surface area contributed by atoms with Gasteiger partial charge in [0.2, 0.25) is 0 Å². The van der Waals surface area contributed by atoms with Crippen molar-refractivity contribution >= 4 is 48.2 Å². The molecule has 0 amide bonds. The van der Waals surface area contributed by atoms with Crippen molar-refractivity contribution < 1.29 is 41.8 Å². The van der Waals surface area contributed by atoms with Crippen LogP contribution in [-0.4, -0.2) is 45.9 Å². The third-order valence-corrected chi connectivity index (χ3v) is 0. The van der Waals surface area contributed by atoms with Crippen LogP contribution in [0.15, 0.2) is 0 Å². The van der Waals surface area contributed by atoms with E-state index in [-0.39, 0.29) is 63.0 Å². The molecule has 0 radical (unpaired) electrons. The predicted molar refractivity (Wildman–Crippen MR) is 21.1 cm³/mol. The molecule has 9 heteroatoms. The zero-order valence-electron chi connectivity index (χ0n) is 4.17. The second-order valence-corrected chi connectivity index (χ2v) is 1.34. The summed E-state index contributed by atoms with van der Waals surface area (Å²) in [5.41, 5.74) is 0. The summed E-state index contributed by atoms with van der Waals surface area (Å²) in [5.74, 6) is 0. The van der Waals surface area contributed by atoms with Crippen molar-refractivity contribution in [1.82, 2.24) is 0 Å². The van der Waals surface area contributed by atoms with E-state index in [4.69, 9.17) is 19.2 Å². The van der Waals surface area contributed by atoms with Gasteiger partial charge in [0.25, 0.3) is 0 Å². The van der Waals surface area contributed by atoms with Gasteiger partial charge in [0.05, 0.1) is 0 Å². The Bertz CT molecular complexity index is 63.1. The molecule has 0 heterocycles. The first-order valence-electron chi connectivity index (χ1n) is 0.730. The Morgan fingerprint density at radius 2 is 1.11 bits per heavy atom. The molecule has 0 aliphatic heterocycles. The molecule has 5 nitrogen and oxygen atoms in total. The minimum Gasteiger partial charge on any atom is -0.870 e. The first-order chi connectivity index (χ1) is 2.00. The van der Waals surface area contributed by atoms with Gasteiger partial charge < -0.3 is 24.7 Å². The summed E-state index contributed by atoms with van der Waals surface area (Å²) in [6, 6.07) is 0. The molecule has 0 saturated heterocycles. The summed E-state index contributed by atoms with van der Waals surface area (Å²) in [6.45, 7) is 0. The average molecular weight is 219 g/mol. The van der Waals surface area contributed by atoms with Crippen LogP contribution in [0.3, 0.4) is 0 Å². The van der Waals surface area contributed by atoms with Gasteiger partial charge in [0, 0.05) is 0 Å². The van der Waals surface area contributed by atoms with Gasteiger partial charge >= 0.3 is 57.5 Å². The summed E-state index contributed by atoms with van der Waals surface area (Å²) in [6.07, 6.45) is 0. The number of hydrogen-bond acceptors (Lipinski definition) is 5. The predicted octanol–water partition coefficient (Wildman–Crippen LogP) is -3.77. The van der Waals surface area contributed by atoms with Crippen molar-refractivity contribution in [1.29, 1.82) is 0 Å². The second-order valence-electron chi connectivity index (χ2n) is 0.447. The van der Waals surface area contributed by atoms with Gasteiger partial charge in [-0.2, -0.15) is 7.82 Å². The van der Waals surface area contributed by atoms with Crippen LogP contribution in [0.25, 0.3) is 0 Å². The van der Waals surface area contributed by atoms with Crippen LogP contribution in [0.4, 0.5) is 0 Å². The van der Waals surface area contributed by atoms with E-state index in [2.05, 4.69) is 0 Å². The zero-order valence-corrected chi connectivity index (χ0v) is 8.73. The summed E-state index contributed by atoms with van der Waals surface area (Å²) >= 11 is 0. The number of phosphoric acid groups is 1. The third kappa shape index (κ3) is 173. The Morgan fingerprint density at radius 3 is 1.11 bits per heavy atom. The first-order valence-corrected chi connectivity index (χ1v) is 2.19. The average Bonchev–Trinajstić information content (AvgIpc) is 0.722. The van der Waals surface area contributed by atoms with E-state index in [9.17, 15) is 0 Å². The van der Waals surface area contributed by atoms with Crippen LogP contribution in [0.2, 0.25) is 0 Å². The van der Waals surface area contributed by atoms with Crippen LogP contribution in [0, 0.1) is 0 Å². The second kappa shape index (κ2) is 12.6. The van der Waals surface area contributed by atoms with E-state index < -0.39 is 7.82 Å². The molecule has 0 aromatic rings. The van der Waals surface area contributed by atoms with Gasteiger partial charge in [-0.15, -0.1) is 0 Å². The summed E-state index contributed by atoms with van der Waals surface area (Å²) < 4.78 is 8.55. The SMILES string of the molecule is O=P([O-])([O-])[O-].[Al+3].[Fe+2].[Mg+2].[OH-]. The fraction of sp³-hybridized carbons (Fsp3) is 0. The van der Waals surface area contributed by atoms with E-state index >= 15 is 0 Å². The largest absolute Gasteiger partial charge is 3.00 e. The van der Waals surface area contributed by atoms with Gasteiger partial charge in [-0.05, 0) is 0 Å². The first kappa shape index (κ1) is 30.7.